The Hall–Kier alpha value is -0.415. The molecule has 1 aliphatic heterocycles. The number of halogens is 1. The van der Waals surface area contributed by atoms with Crippen molar-refractivity contribution in [2.75, 3.05) is 13.6 Å². The maximum Gasteiger partial charge on any atom is 0.293 e. The van der Waals surface area contributed by atoms with Crippen molar-refractivity contribution in [3.63, 3.8) is 0 Å². The van der Waals surface area contributed by atoms with Gasteiger partial charge in [-0.1, -0.05) is 0 Å². The molecule has 0 aromatic rings. The lowest BCUT2D eigenvalue weighted by Gasteiger charge is -2.32. The molecule has 3 nitrogen and oxygen atoms in total. The summed E-state index contributed by atoms with van der Waals surface area (Å²) >= 11 is 0. The van der Waals surface area contributed by atoms with E-state index in [2.05, 4.69) is 5.32 Å². The molecule has 0 spiro atoms. The maximum absolute atomic E-state index is 13.6. The number of nitrogens with zero attached hydrogens (tertiary/aromatic N) is 1. The molecule has 0 aromatic carbocycles. The second-order valence-corrected chi connectivity index (χ2v) is 3.80. The molecule has 2 rings (SSSR count). The van der Waals surface area contributed by atoms with Crippen LogP contribution in [0.25, 0.3) is 0 Å². The molecule has 2 fully saturated rings. The highest BCUT2D eigenvalue weighted by molar-refractivity contribution is 6.64. The first-order chi connectivity index (χ1) is 6.27. The molecule has 2 aliphatic rings. The average molecular weight is 183 g/mol. The van der Waals surface area contributed by atoms with E-state index < -0.39 is 6.17 Å². The number of alkyl halides is 1. The zero-order valence-corrected chi connectivity index (χ0v) is 7.61. The van der Waals surface area contributed by atoms with Crippen LogP contribution in [0.1, 0.15) is 6.42 Å². The third-order valence-corrected chi connectivity index (χ3v) is 3.22. The lowest BCUT2D eigenvalue weighted by Crippen LogP contribution is -2.52. The van der Waals surface area contributed by atoms with Crippen molar-refractivity contribution in [2.45, 2.75) is 24.7 Å². The molecule has 71 valence electrons. The summed E-state index contributed by atoms with van der Waals surface area (Å²) < 4.78 is 13.6. The third-order valence-electron chi connectivity index (χ3n) is 3.22. The lowest BCUT2D eigenvalue weighted by molar-refractivity contribution is 0.151. The second-order valence-electron chi connectivity index (χ2n) is 3.80. The summed E-state index contributed by atoms with van der Waals surface area (Å²) in [4.78, 5) is 12.1. The van der Waals surface area contributed by atoms with Gasteiger partial charge in [0.1, 0.15) is 6.17 Å². The molecule has 13 heavy (non-hydrogen) atoms. The number of hydrogen-bond acceptors (Lipinski definition) is 3. The highest BCUT2D eigenvalue weighted by Crippen LogP contribution is 2.38. The Morgan fingerprint density at radius 1 is 1.69 bits per heavy atom. The van der Waals surface area contributed by atoms with Crippen molar-refractivity contribution < 1.29 is 9.18 Å². The first-order valence-electron chi connectivity index (χ1n) is 4.63. The highest BCUT2D eigenvalue weighted by atomic mass is 19.1. The van der Waals surface area contributed by atoms with Crippen LogP contribution in [0.15, 0.2) is 0 Å². The van der Waals surface area contributed by atoms with Crippen LogP contribution in [-0.2, 0) is 4.79 Å². The summed E-state index contributed by atoms with van der Waals surface area (Å²) in [6.07, 6.45) is 0.777. The molecule has 2 bridgehead atoms. The quantitative estimate of drug-likeness (QED) is 0.469. The molecule has 0 amide bonds. The van der Waals surface area contributed by atoms with Crippen LogP contribution in [0.5, 0.6) is 0 Å². The van der Waals surface area contributed by atoms with Crippen LogP contribution in [0.4, 0.5) is 4.39 Å². The third kappa shape index (κ3) is 1.30. The van der Waals surface area contributed by atoms with Gasteiger partial charge in [0, 0.05) is 12.1 Å². The van der Waals surface area contributed by atoms with E-state index in [9.17, 15) is 9.18 Å². The van der Waals surface area contributed by atoms with Gasteiger partial charge in [-0.25, -0.2) is 4.39 Å². The van der Waals surface area contributed by atoms with Crippen LogP contribution in [0.3, 0.4) is 0 Å². The Kier molecular flexibility index (Phi) is 2.38. The fourth-order valence-electron chi connectivity index (χ4n) is 2.64. The van der Waals surface area contributed by atoms with Crippen molar-refractivity contribution in [3.05, 3.63) is 0 Å². The van der Waals surface area contributed by atoms with Crippen LogP contribution >= 0.6 is 0 Å². The minimum Gasteiger partial charge on any atom is -0.334 e. The molecule has 5 heteroatoms. The minimum atomic E-state index is -0.833. The Morgan fingerprint density at radius 2 is 2.46 bits per heavy atom. The van der Waals surface area contributed by atoms with E-state index in [1.54, 1.807) is 7.05 Å². The van der Waals surface area contributed by atoms with Gasteiger partial charge in [0.05, 0.1) is 6.19 Å². The minimum absolute atomic E-state index is 0.0127. The van der Waals surface area contributed by atoms with Gasteiger partial charge in [0.2, 0.25) is 0 Å². The molecule has 4 atom stereocenters. The van der Waals surface area contributed by atoms with Crippen molar-refractivity contribution in [1.82, 2.24) is 10.1 Å². The van der Waals surface area contributed by atoms with Crippen LogP contribution in [0.2, 0.25) is 0 Å². The van der Waals surface area contributed by atoms with E-state index in [-0.39, 0.29) is 12.1 Å². The van der Waals surface area contributed by atoms with E-state index in [1.165, 1.54) is 7.41 Å². The summed E-state index contributed by atoms with van der Waals surface area (Å²) in [6.45, 7) is 0.815. The molecule has 1 N–H and O–H groups in total. The molecule has 1 saturated carbocycles. The predicted octanol–water partition coefficient (Wildman–Crippen LogP) is -0.574. The summed E-state index contributed by atoms with van der Waals surface area (Å²) in [6, 6.07) is -0.0889. The summed E-state index contributed by atoms with van der Waals surface area (Å²) in [5, 5.41) is 3.00. The number of piperidine rings is 1. The van der Waals surface area contributed by atoms with Gasteiger partial charge in [-0.2, -0.15) is 0 Å². The highest BCUT2D eigenvalue weighted by Gasteiger charge is 2.51. The molecule has 1 radical (unpaired) electrons. The normalized spacial score (nSPS) is 43.8. The molecule has 1 saturated heterocycles. The van der Waals surface area contributed by atoms with Crippen molar-refractivity contribution >= 4 is 13.6 Å². The fraction of sp³-hybridized carbons (Fsp3) is 0.875. The predicted molar refractivity (Wildman–Crippen MR) is 48.8 cm³/mol. The number of fused-ring (bicyclic) bond motifs is 2. The van der Waals surface area contributed by atoms with Gasteiger partial charge >= 0.3 is 0 Å². The number of nitrogens with one attached hydrogen (secondary N) is 1. The van der Waals surface area contributed by atoms with Gasteiger partial charge in [-0.3, -0.25) is 0 Å². The topological polar surface area (TPSA) is 32.3 Å². The summed E-state index contributed by atoms with van der Waals surface area (Å²) in [7, 11) is 3.26. The Balaban J connectivity index is 2.03. The standard InChI is InChI=1S/C8H13BFN2O/c1-11-8-5-2-6(7(8)10)12(3-5)9-4-13/h4-8,11H,2-3H2,1H3/t5?,6?,7-,8-/m1/s1. The Labute approximate surface area is 77.9 Å². The van der Waals surface area contributed by atoms with Gasteiger partial charge in [0.15, 0.2) is 0 Å². The molecule has 1 heterocycles. The largest absolute Gasteiger partial charge is 0.334 e. The fourth-order valence-corrected chi connectivity index (χ4v) is 2.64. The summed E-state index contributed by atoms with van der Waals surface area (Å²) in [5.74, 6) is 0.362. The Morgan fingerprint density at radius 3 is 3.00 bits per heavy atom. The molecule has 0 aromatic heterocycles. The maximum atomic E-state index is 13.6. The lowest BCUT2D eigenvalue weighted by atomic mass is 9.89. The van der Waals surface area contributed by atoms with Crippen LogP contribution < -0.4 is 5.32 Å². The first kappa shape index (κ1) is 9.15. The van der Waals surface area contributed by atoms with Crippen molar-refractivity contribution in [2.24, 2.45) is 5.92 Å². The van der Waals surface area contributed by atoms with Gasteiger partial charge in [-0.05, 0) is 25.9 Å². The average Bonchev–Trinajstić information content (AvgIpc) is 2.62. The number of hydrogen-bond donors (Lipinski definition) is 1. The SMILES string of the molecule is CN[C@@H]1C2CC([C@H]1F)N([B]C=O)C2. The molecular formula is C8H13BFN2O. The second kappa shape index (κ2) is 3.38. The van der Waals surface area contributed by atoms with Crippen molar-refractivity contribution in [1.29, 1.82) is 0 Å². The molecule has 2 unspecified atom stereocenters. The zero-order valence-electron chi connectivity index (χ0n) is 7.61. The smallest absolute Gasteiger partial charge is 0.293 e. The monoisotopic (exact) mass is 183 g/mol. The number of carbonyl (C=O) groups excluding carboxylic acids is 1. The first-order valence-corrected chi connectivity index (χ1v) is 4.63. The van der Waals surface area contributed by atoms with Gasteiger partial charge < -0.3 is 14.9 Å². The van der Waals surface area contributed by atoms with Crippen LogP contribution in [-0.4, -0.2) is 50.3 Å². The van der Waals surface area contributed by atoms with Crippen molar-refractivity contribution in [3.8, 4) is 0 Å². The van der Waals surface area contributed by atoms with E-state index in [1.807, 2.05) is 4.81 Å². The number of rotatable bonds is 3. The number of carbonyl (C=O) groups is 1. The molecular weight excluding hydrogens is 170 g/mol. The summed E-state index contributed by atoms with van der Waals surface area (Å²) in [5.41, 5.74) is 0. The van der Waals surface area contributed by atoms with Gasteiger partial charge in [0.25, 0.3) is 7.41 Å². The molecule has 1 aliphatic carbocycles. The van der Waals surface area contributed by atoms with E-state index >= 15 is 0 Å². The van der Waals surface area contributed by atoms with E-state index in [0.29, 0.717) is 5.92 Å². The van der Waals surface area contributed by atoms with E-state index in [0.717, 1.165) is 19.2 Å². The van der Waals surface area contributed by atoms with E-state index in [4.69, 9.17) is 0 Å². The Bertz CT molecular complexity index is 214. The van der Waals surface area contributed by atoms with Gasteiger partial charge in [-0.15, -0.1) is 0 Å². The zero-order chi connectivity index (χ0) is 9.42. The van der Waals surface area contributed by atoms with Crippen LogP contribution in [0, 0.1) is 5.92 Å².